The zero-order valence-corrected chi connectivity index (χ0v) is 17.6. The lowest BCUT2D eigenvalue weighted by atomic mass is 10.2. The summed E-state index contributed by atoms with van der Waals surface area (Å²) >= 11 is 0. The van der Waals surface area contributed by atoms with Gasteiger partial charge in [0.25, 0.3) is 5.91 Å². The molecule has 2 N–H and O–H groups in total. The van der Waals surface area contributed by atoms with Crippen molar-refractivity contribution in [1.29, 1.82) is 0 Å². The Morgan fingerprint density at radius 2 is 1.40 bits per heavy atom. The van der Waals surface area contributed by atoms with Crippen LogP contribution in [0.15, 0.2) is 41.5 Å². The van der Waals surface area contributed by atoms with E-state index in [4.69, 9.17) is 18.9 Å². The van der Waals surface area contributed by atoms with Crippen LogP contribution in [0, 0.1) is 0 Å². The Hall–Kier alpha value is -3.75. The van der Waals surface area contributed by atoms with E-state index in [0.717, 1.165) is 0 Å². The summed E-state index contributed by atoms with van der Waals surface area (Å²) in [7, 11) is 6.05. The molecule has 2 amide bonds. The minimum absolute atomic E-state index is 0.000554. The quantitative estimate of drug-likeness (QED) is 0.482. The first-order valence-corrected chi connectivity index (χ1v) is 8.99. The summed E-state index contributed by atoms with van der Waals surface area (Å²) < 4.78 is 20.7. The fourth-order valence-corrected chi connectivity index (χ4v) is 2.58. The van der Waals surface area contributed by atoms with Gasteiger partial charge >= 0.3 is 0 Å². The lowest BCUT2D eigenvalue weighted by molar-refractivity contribution is -0.115. The summed E-state index contributed by atoms with van der Waals surface area (Å²) in [5.41, 5.74) is 3.76. The Kier molecular flexibility index (Phi) is 8.04. The van der Waals surface area contributed by atoms with Crippen LogP contribution >= 0.6 is 0 Å². The number of rotatable bonds is 9. The molecule has 0 aromatic heterocycles. The Bertz CT molecular complexity index is 942. The zero-order chi connectivity index (χ0) is 22.1. The van der Waals surface area contributed by atoms with Gasteiger partial charge in [0.2, 0.25) is 5.91 Å². The second kappa shape index (κ2) is 10.7. The van der Waals surface area contributed by atoms with E-state index >= 15 is 0 Å². The first-order chi connectivity index (χ1) is 14.4. The van der Waals surface area contributed by atoms with Gasteiger partial charge in [-0.25, -0.2) is 5.43 Å². The maximum atomic E-state index is 12.3. The fraction of sp³-hybridized carbons (Fsp3) is 0.286. The van der Waals surface area contributed by atoms with Gasteiger partial charge in [-0.1, -0.05) is 0 Å². The highest BCUT2D eigenvalue weighted by molar-refractivity contribution is 6.06. The summed E-state index contributed by atoms with van der Waals surface area (Å²) in [5, 5.41) is 6.73. The van der Waals surface area contributed by atoms with Crippen LogP contribution in [-0.4, -0.2) is 46.0 Å². The monoisotopic (exact) mass is 415 g/mol. The maximum absolute atomic E-state index is 12.3. The Balaban J connectivity index is 1.96. The van der Waals surface area contributed by atoms with Gasteiger partial charge in [0.1, 0.15) is 0 Å². The molecule has 2 rings (SSSR count). The molecule has 0 radical (unpaired) electrons. The van der Waals surface area contributed by atoms with Crippen LogP contribution in [0.3, 0.4) is 0 Å². The van der Waals surface area contributed by atoms with E-state index in [1.165, 1.54) is 28.4 Å². The van der Waals surface area contributed by atoms with Crippen molar-refractivity contribution in [2.75, 3.05) is 33.8 Å². The number of hydrogen-bond acceptors (Lipinski definition) is 7. The first kappa shape index (κ1) is 22.5. The van der Waals surface area contributed by atoms with Crippen molar-refractivity contribution in [2.45, 2.75) is 13.3 Å². The van der Waals surface area contributed by atoms with Gasteiger partial charge in [0.05, 0.1) is 34.9 Å². The van der Waals surface area contributed by atoms with Crippen molar-refractivity contribution in [1.82, 2.24) is 5.43 Å². The van der Waals surface area contributed by atoms with Crippen LogP contribution < -0.4 is 29.7 Å². The topological polar surface area (TPSA) is 107 Å². The van der Waals surface area contributed by atoms with Crippen molar-refractivity contribution < 1.29 is 28.5 Å². The van der Waals surface area contributed by atoms with Crippen molar-refractivity contribution in [2.24, 2.45) is 5.10 Å². The number of amides is 2. The molecule has 0 spiro atoms. The lowest BCUT2D eigenvalue weighted by Crippen LogP contribution is -2.21. The van der Waals surface area contributed by atoms with Crippen molar-refractivity contribution >= 4 is 23.2 Å². The normalized spacial score (nSPS) is 10.8. The number of hydrazone groups is 1. The summed E-state index contributed by atoms with van der Waals surface area (Å²) in [4.78, 5) is 24.5. The molecule has 9 nitrogen and oxygen atoms in total. The number of anilines is 1. The molecule has 0 bridgehead atoms. The van der Waals surface area contributed by atoms with Gasteiger partial charge < -0.3 is 24.3 Å². The molecule has 0 unspecified atom stereocenters. The molecule has 0 saturated heterocycles. The van der Waals surface area contributed by atoms with Crippen LogP contribution in [0.2, 0.25) is 0 Å². The SMILES string of the molecule is COc1ccc(NC(=O)C/C(C)=N/NC(=O)c2ccc(OC)c(OC)c2)cc1OC. The predicted molar refractivity (Wildman–Crippen MR) is 113 cm³/mol. The smallest absolute Gasteiger partial charge is 0.271 e. The minimum atomic E-state index is -0.435. The van der Waals surface area contributed by atoms with Gasteiger partial charge in [-0.2, -0.15) is 5.10 Å². The van der Waals surface area contributed by atoms with E-state index < -0.39 is 5.91 Å². The first-order valence-electron chi connectivity index (χ1n) is 8.99. The third-order valence-electron chi connectivity index (χ3n) is 4.08. The Labute approximate surface area is 175 Å². The molecule has 0 atom stereocenters. The molecule has 0 fully saturated rings. The number of carbonyl (C=O) groups excluding carboxylic acids is 2. The number of ether oxygens (including phenoxy) is 4. The number of nitrogens with one attached hydrogen (secondary N) is 2. The Morgan fingerprint density at radius 3 is 2.00 bits per heavy atom. The summed E-state index contributed by atoms with van der Waals surface area (Å²) in [6.45, 7) is 1.64. The summed E-state index contributed by atoms with van der Waals surface area (Å²) in [6, 6.07) is 9.81. The number of benzene rings is 2. The van der Waals surface area contributed by atoms with Gasteiger partial charge in [0, 0.05) is 23.0 Å². The molecule has 9 heteroatoms. The number of hydrogen-bond donors (Lipinski definition) is 2. The highest BCUT2D eigenvalue weighted by atomic mass is 16.5. The molecule has 2 aromatic rings. The number of methoxy groups -OCH3 is 4. The zero-order valence-electron chi connectivity index (χ0n) is 17.6. The average molecular weight is 415 g/mol. The van der Waals surface area contributed by atoms with E-state index in [9.17, 15) is 9.59 Å². The number of nitrogens with zero attached hydrogens (tertiary/aromatic N) is 1. The molecular weight excluding hydrogens is 390 g/mol. The lowest BCUT2D eigenvalue weighted by Gasteiger charge is -2.11. The second-order valence-electron chi connectivity index (χ2n) is 6.15. The molecule has 0 saturated carbocycles. The molecule has 30 heavy (non-hydrogen) atoms. The van der Waals surface area contributed by atoms with Gasteiger partial charge in [0.15, 0.2) is 23.0 Å². The molecule has 0 heterocycles. The largest absolute Gasteiger partial charge is 0.493 e. The summed E-state index contributed by atoms with van der Waals surface area (Å²) in [6.07, 6.45) is 0.000554. The highest BCUT2D eigenvalue weighted by Gasteiger charge is 2.12. The van der Waals surface area contributed by atoms with E-state index in [1.807, 2.05) is 0 Å². The molecule has 2 aromatic carbocycles. The molecular formula is C21H25N3O6. The third-order valence-corrected chi connectivity index (χ3v) is 4.08. The van der Waals surface area contributed by atoms with E-state index in [0.29, 0.717) is 40.0 Å². The number of carbonyl (C=O) groups is 2. The van der Waals surface area contributed by atoms with Crippen molar-refractivity contribution in [3.63, 3.8) is 0 Å². The van der Waals surface area contributed by atoms with Crippen LogP contribution in [0.1, 0.15) is 23.7 Å². The maximum Gasteiger partial charge on any atom is 0.271 e. The van der Waals surface area contributed by atoms with E-state index in [1.54, 1.807) is 43.3 Å². The summed E-state index contributed by atoms with van der Waals surface area (Å²) in [5.74, 6) is 1.29. The molecule has 0 aliphatic carbocycles. The predicted octanol–water partition coefficient (Wildman–Crippen LogP) is 2.86. The van der Waals surface area contributed by atoms with Crippen LogP contribution in [-0.2, 0) is 4.79 Å². The van der Waals surface area contributed by atoms with Crippen molar-refractivity contribution in [3.05, 3.63) is 42.0 Å². The van der Waals surface area contributed by atoms with E-state index in [-0.39, 0.29) is 12.3 Å². The van der Waals surface area contributed by atoms with Crippen LogP contribution in [0.4, 0.5) is 5.69 Å². The standard InChI is InChI=1S/C21H25N3O6/c1-13(10-20(25)22-15-7-9-17(28-3)19(12-15)30-5)23-24-21(26)14-6-8-16(27-2)18(11-14)29-4/h6-9,11-12H,10H2,1-5H3,(H,22,25)(H,24,26)/b23-13+. The van der Waals surface area contributed by atoms with Crippen LogP contribution in [0.25, 0.3) is 0 Å². The minimum Gasteiger partial charge on any atom is -0.493 e. The third kappa shape index (κ3) is 5.87. The average Bonchev–Trinajstić information content (AvgIpc) is 2.76. The molecule has 0 aliphatic heterocycles. The molecule has 160 valence electrons. The highest BCUT2D eigenvalue weighted by Crippen LogP contribution is 2.30. The fourth-order valence-electron chi connectivity index (χ4n) is 2.58. The van der Waals surface area contributed by atoms with Crippen molar-refractivity contribution in [3.8, 4) is 23.0 Å². The second-order valence-corrected chi connectivity index (χ2v) is 6.15. The van der Waals surface area contributed by atoms with Gasteiger partial charge in [-0.3, -0.25) is 9.59 Å². The van der Waals surface area contributed by atoms with Gasteiger partial charge in [-0.05, 0) is 37.3 Å². The molecule has 0 aliphatic rings. The Morgan fingerprint density at radius 1 is 0.833 bits per heavy atom. The van der Waals surface area contributed by atoms with E-state index in [2.05, 4.69) is 15.8 Å². The van der Waals surface area contributed by atoms with Gasteiger partial charge in [-0.15, -0.1) is 0 Å². The van der Waals surface area contributed by atoms with Crippen LogP contribution in [0.5, 0.6) is 23.0 Å².